The van der Waals surface area contributed by atoms with Crippen LogP contribution in [0, 0.1) is 0 Å². The van der Waals surface area contributed by atoms with Gasteiger partial charge in [-0.05, 0) is 5.56 Å². The minimum atomic E-state index is 0.0657. The fraction of sp³-hybridized carbons (Fsp3) is 0.300. The lowest BCUT2D eigenvalue weighted by molar-refractivity contribution is -0.121. The first-order valence-electron chi connectivity index (χ1n) is 4.02. The summed E-state index contributed by atoms with van der Waals surface area (Å²) in [6, 6.07) is 9.79. The van der Waals surface area contributed by atoms with E-state index in [4.69, 9.17) is 4.74 Å². The molecule has 0 heterocycles. The molecule has 1 aromatic rings. The lowest BCUT2D eigenvalue weighted by Crippen LogP contribution is -2.09. The topological polar surface area (TPSA) is 26.3 Å². The molecule has 0 fully saturated rings. The van der Waals surface area contributed by atoms with E-state index in [1.165, 1.54) is 0 Å². The van der Waals surface area contributed by atoms with Gasteiger partial charge >= 0.3 is 0 Å². The zero-order chi connectivity index (χ0) is 9.52. The van der Waals surface area contributed by atoms with Crippen LogP contribution in [0.3, 0.4) is 0 Å². The van der Waals surface area contributed by atoms with Gasteiger partial charge in [0.15, 0.2) is 5.78 Å². The molecule has 1 rings (SSSR count). The van der Waals surface area contributed by atoms with Crippen LogP contribution in [0.1, 0.15) is 5.56 Å². The quantitative estimate of drug-likeness (QED) is 0.741. The molecule has 3 heteroatoms. The minimum absolute atomic E-state index is 0.0657. The van der Waals surface area contributed by atoms with Gasteiger partial charge in [0.2, 0.25) is 0 Å². The number of carbonyl (C=O) groups excluding carboxylic acids is 1. The number of Topliss-reactive ketones (excluding diaryl/α,β-unsaturated/α-hetero) is 1. The van der Waals surface area contributed by atoms with Crippen LogP contribution in [0.25, 0.3) is 0 Å². The summed E-state index contributed by atoms with van der Waals surface area (Å²) in [6.07, 6.45) is 0. The summed E-state index contributed by atoms with van der Waals surface area (Å²) in [4.78, 5) is 10.8. The van der Waals surface area contributed by atoms with Crippen molar-refractivity contribution in [2.45, 2.75) is 6.61 Å². The van der Waals surface area contributed by atoms with Gasteiger partial charge in [-0.3, -0.25) is 4.79 Å². The van der Waals surface area contributed by atoms with E-state index in [1.807, 2.05) is 30.3 Å². The van der Waals surface area contributed by atoms with E-state index in [9.17, 15) is 4.79 Å². The van der Waals surface area contributed by atoms with Crippen molar-refractivity contribution in [3.05, 3.63) is 35.9 Å². The number of halogens is 1. The van der Waals surface area contributed by atoms with Crippen molar-refractivity contribution in [1.29, 1.82) is 0 Å². The van der Waals surface area contributed by atoms with Crippen molar-refractivity contribution in [3.8, 4) is 0 Å². The van der Waals surface area contributed by atoms with Crippen molar-refractivity contribution < 1.29 is 9.53 Å². The van der Waals surface area contributed by atoms with Crippen LogP contribution in [0.4, 0.5) is 0 Å². The molecule has 0 amide bonds. The first kappa shape index (κ1) is 10.4. The summed E-state index contributed by atoms with van der Waals surface area (Å²) in [5, 5.41) is 0.363. The molecular formula is C10H11BrO2. The predicted molar refractivity (Wildman–Crippen MR) is 54.9 cm³/mol. The highest BCUT2D eigenvalue weighted by Crippen LogP contribution is 2.00. The van der Waals surface area contributed by atoms with Gasteiger partial charge in [-0.25, -0.2) is 0 Å². The Morgan fingerprint density at radius 2 is 2.00 bits per heavy atom. The smallest absolute Gasteiger partial charge is 0.168 e. The number of ether oxygens (including phenoxy) is 1. The Bertz CT molecular complexity index is 259. The molecule has 13 heavy (non-hydrogen) atoms. The number of carbonyl (C=O) groups is 1. The van der Waals surface area contributed by atoms with E-state index in [0.717, 1.165) is 5.56 Å². The Balaban J connectivity index is 2.24. The third kappa shape index (κ3) is 4.20. The zero-order valence-electron chi connectivity index (χ0n) is 7.20. The maximum absolute atomic E-state index is 10.8. The first-order valence-corrected chi connectivity index (χ1v) is 5.14. The van der Waals surface area contributed by atoms with E-state index < -0.39 is 0 Å². The molecule has 0 unspecified atom stereocenters. The van der Waals surface area contributed by atoms with Gasteiger partial charge in [0.25, 0.3) is 0 Å². The predicted octanol–water partition coefficient (Wildman–Crippen LogP) is 2.17. The summed E-state index contributed by atoms with van der Waals surface area (Å²) in [5.41, 5.74) is 1.09. The van der Waals surface area contributed by atoms with Crippen molar-refractivity contribution >= 4 is 21.7 Å². The summed E-state index contributed by atoms with van der Waals surface area (Å²) in [7, 11) is 0. The van der Waals surface area contributed by atoms with Crippen LogP contribution in [-0.4, -0.2) is 17.7 Å². The number of hydrogen-bond donors (Lipinski definition) is 0. The first-order chi connectivity index (χ1) is 6.33. The Kier molecular flexibility index (Phi) is 4.72. The second-order valence-electron chi connectivity index (χ2n) is 2.65. The molecule has 1 aromatic carbocycles. The maximum Gasteiger partial charge on any atom is 0.168 e. The van der Waals surface area contributed by atoms with Gasteiger partial charge in [-0.2, -0.15) is 0 Å². The molecule has 0 spiro atoms. The van der Waals surface area contributed by atoms with Crippen molar-refractivity contribution in [2.75, 3.05) is 11.9 Å². The van der Waals surface area contributed by atoms with Crippen LogP contribution < -0.4 is 0 Å². The molecule has 0 N–H and O–H groups in total. The number of benzene rings is 1. The molecule has 0 bridgehead atoms. The number of rotatable bonds is 5. The van der Waals surface area contributed by atoms with Gasteiger partial charge in [-0.15, -0.1) is 0 Å². The van der Waals surface area contributed by atoms with Crippen molar-refractivity contribution in [2.24, 2.45) is 0 Å². The van der Waals surface area contributed by atoms with Crippen LogP contribution in [-0.2, 0) is 16.1 Å². The standard InChI is InChI=1S/C10H11BrO2/c11-6-10(12)8-13-7-9-4-2-1-3-5-9/h1-5H,6-8H2. The van der Waals surface area contributed by atoms with E-state index in [2.05, 4.69) is 15.9 Å². The SMILES string of the molecule is O=C(CBr)COCc1ccccc1. The molecule has 0 radical (unpaired) electrons. The van der Waals surface area contributed by atoms with Gasteiger partial charge < -0.3 is 4.74 Å². The third-order valence-electron chi connectivity index (χ3n) is 1.52. The van der Waals surface area contributed by atoms with Crippen LogP contribution >= 0.6 is 15.9 Å². The second-order valence-corrected chi connectivity index (χ2v) is 3.21. The zero-order valence-corrected chi connectivity index (χ0v) is 8.79. The molecule has 0 atom stereocenters. The minimum Gasteiger partial charge on any atom is -0.369 e. The highest BCUT2D eigenvalue weighted by atomic mass is 79.9. The maximum atomic E-state index is 10.8. The monoisotopic (exact) mass is 242 g/mol. The number of ketones is 1. The molecule has 0 saturated carbocycles. The Hall–Kier alpha value is -0.670. The molecule has 0 aliphatic carbocycles. The molecular weight excluding hydrogens is 232 g/mol. The molecule has 0 saturated heterocycles. The van der Waals surface area contributed by atoms with E-state index in [1.54, 1.807) is 0 Å². The normalized spacial score (nSPS) is 9.92. The second kappa shape index (κ2) is 5.89. The van der Waals surface area contributed by atoms with E-state index >= 15 is 0 Å². The summed E-state index contributed by atoms with van der Waals surface area (Å²) >= 11 is 3.07. The average Bonchev–Trinajstić information content (AvgIpc) is 2.19. The Morgan fingerprint density at radius 3 is 2.62 bits per heavy atom. The van der Waals surface area contributed by atoms with Crippen LogP contribution in [0.2, 0.25) is 0 Å². The highest BCUT2D eigenvalue weighted by molar-refractivity contribution is 9.09. The van der Waals surface area contributed by atoms with Gasteiger partial charge in [-0.1, -0.05) is 46.3 Å². The van der Waals surface area contributed by atoms with Gasteiger partial charge in [0, 0.05) is 0 Å². The van der Waals surface area contributed by atoms with E-state index in [0.29, 0.717) is 11.9 Å². The third-order valence-corrected chi connectivity index (χ3v) is 2.15. The fourth-order valence-electron chi connectivity index (χ4n) is 0.896. The highest BCUT2D eigenvalue weighted by Gasteiger charge is 1.98. The molecule has 2 nitrogen and oxygen atoms in total. The number of hydrogen-bond acceptors (Lipinski definition) is 2. The van der Waals surface area contributed by atoms with Gasteiger partial charge in [0.05, 0.1) is 11.9 Å². The summed E-state index contributed by atoms with van der Waals surface area (Å²) in [6.45, 7) is 0.680. The van der Waals surface area contributed by atoms with Crippen molar-refractivity contribution in [1.82, 2.24) is 0 Å². The molecule has 0 aliphatic rings. The molecule has 0 aromatic heterocycles. The average molecular weight is 243 g/mol. The lowest BCUT2D eigenvalue weighted by Gasteiger charge is -2.01. The Morgan fingerprint density at radius 1 is 1.31 bits per heavy atom. The van der Waals surface area contributed by atoms with Crippen LogP contribution in [0.15, 0.2) is 30.3 Å². The Labute approximate surface area is 86.0 Å². The van der Waals surface area contributed by atoms with Crippen molar-refractivity contribution in [3.63, 3.8) is 0 Å². The number of alkyl halides is 1. The lowest BCUT2D eigenvalue weighted by atomic mass is 10.2. The van der Waals surface area contributed by atoms with E-state index in [-0.39, 0.29) is 12.4 Å². The summed E-state index contributed by atoms with van der Waals surface area (Å²) < 4.78 is 5.19. The summed E-state index contributed by atoms with van der Waals surface area (Å²) in [5.74, 6) is 0.0657. The van der Waals surface area contributed by atoms with Gasteiger partial charge in [0.1, 0.15) is 6.61 Å². The fourth-order valence-corrected chi connectivity index (χ4v) is 1.06. The molecule has 70 valence electrons. The molecule has 0 aliphatic heterocycles. The van der Waals surface area contributed by atoms with Crippen LogP contribution in [0.5, 0.6) is 0 Å². The largest absolute Gasteiger partial charge is 0.369 e.